The van der Waals surface area contributed by atoms with E-state index in [0.717, 1.165) is 11.9 Å². The van der Waals surface area contributed by atoms with E-state index >= 15 is 0 Å². The molecule has 0 bridgehead atoms. The molecule has 29 heavy (non-hydrogen) atoms. The lowest BCUT2D eigenvalue weighted by molar-refractivity contribution is 0.246. The SMILES string of the molecule is C[C@H]1CN(S(=O)(=O)c2cncnc2)CC[C@H]1c1[nH]c(-c2ccc(F)cn2)nc1Cl. The van der Waals surface area contributed by atoms with Crippen LogP contribution in [0, 0.1) is 11.7 Å². The Bertz CT molecular complexity index is 1110. The van der Waals surface area contributed by atoms with Crippen LogP contribution in [0.4, 0.5) is 4.39 Å². The molecule has 4 heterocycles. The highest BCUT2D eigenvalue weighted by molar-refractivity contribution is 7.89. The number of aromatic amines is 1. The van der Waals surface area contributed by atoms with Gasteiger partial charge in [-0.15, -0.1) is 0 Å². The average Bonchev–Trinajstić information content (AvgIpc) is 3.10. The smallest absolute Gasteiger partial charge is 0.246 e. The Morgan fingerprint density at radius 2 is 2.00 bits per heavy atom. The molecule has 2 atom stereocenters. The molecule has 4 rings (SSSR count). The number of nitrogens with one attached hydrogen (secondary N) is 1. The van der Waals surface area contributed by atoms with Crippen molar-refractivity contribution < 1.29 is 12.8 Å². The third-order valence-corrected chi connectivity index (χ3v) is 7.17. The maximum Gasteiger partial charge on any atom is 0.246 e. The number of hydrogen-bond acceptors (Lipinski definition) is 6. The van der Waals surface area contributed by atoms with Gasteiger partial charge in [-0.3, -0.25) is 0 Å². The van der Waals surface area contributed by atoms with Gasteiger partial charge < -0.3 is 4.98 Å². The predicted octanol–water partition coefficient (Wildman–Crippen LogP) is 2.87. The zero-order chi connectivity index (χ0) is 20.6. The van der Waals surface area contributed by atoms with Crippen LogP contribution in [0.15, 0.2) is 41.9 Å². The highest BCUT2D eigenvalue weighted by atomic mass is 35.5. The molecule has 1 aliphatic heterocycles. The molecule has 1 aliphatic rings. The Morgan fingerprint density at radius 3 is 2.66 bits per heavy atom. The van der Waals surface area contributed by atoms with Gasteiger partial charge in [0.1, 0.15) is 22.7 Å². The molecule has 11 heteroatoms. The van der Waals surface area contributed by atoms with Crippen LogP contribution in [0.25, 0.3) is 11.5 Å². The molecular formula is C18H18ClFN6O2S. The summed E-state index contributed by atoms with van der Waals surface area (Å²) in [6.45, 7) is 2.65. The molecule has 0 amide bonds. The number of hydrogen-bond donors (Lipinski definition) is 1. The molecule has 0 unspecified atom stereocenters. The van der Waals surface area contributed by atoms with Crippen molar-refractivity contribution in [3.63, 3.8) is 0 Å². The van der Waals surface area contributed by atoms with Gasteiger partial charge in [-0.2, -0.15) is 4.31 Å². The van der Waals surface area contributed by atoms with Crippen LogP contribution in [0.2, 0.25) is 5.15 Å². The van der Waals surface area contributed by atoms with Crippen LogP contribution in [0.3, 0.4) is 0 Å². The number of sulfonamides is 1. The minimum absolute atomic E-state index is 0.00247. The number of aromatic nitrogens is 5. The van der Waals surface area contributed by atoms with Gasteiger partial charge in [0.15, 0.2) is 11.0 Å². The van der Waals surface area contributed by atoms with Gasteiger partial charge in [0, 0.05) is 19.0 Å². The fourth-order valence-electron chi connectivity index (χ4n) is 3.57. The van der Waals surface area contributed by atoms with Gasteiger partial charge in [-0.05, 0) is 24.5 Å². The van der Waals surface area contributed by atoms with E-state index < -0.39 is 15.8 Å². The highest BCUT2D eigenvalue weighted by Gasteiger charge is 2.36. The topological polar surface area (TPSA) is 105 Å². The fourth-order valence-corrected chi connectivity index (χ4v) is 5.31. The van der Waals surface area contributed by atoms with E-state index in [1.54, 1.807) is 0 Å². The summed E-state index contributed by atoms with van der Waals surface area (Å²) >= 11 is 6.35. The zero-order valence-electron chi connectivity index (χ0n) is 15.5. The lowest BCUT2D eigenvalue weighted by Gasteiger charge is -2.35. The largest absolute Gasteiger partial charge is 0.339 e. The van der Waals surface area contributed by atoms with Gasteiger partial charge in [-0.1, -0.05) is 18.5 Å². The monoisotopic (exact) mass is 436 g/mol. The Morgan fingerprint density at radius 1 is 1.24 bits per heavy atom. The van der Waals surface area contributed by atoms with Gasteiger partial charge in [-0.25, -0.2) is 32.7 Å². The summed E-state index contributed by atoms with van der Waals surface area (Å²) in [6, 6.07) is 2.83. The Labute approximate surface area is 172 Å². The van der Waals surface area contributed by atoms with E-state index in [1.807, 2.05) is 6.92 Å². The predicted molar refractivity (Wildman–Crippen MR) is 104 cm³/mol. The first-order chi connectivity index (χ1) is 13.9. The maximum atomic E-state index is 13.1. The highest BCUT2D eigenvalue weighted by Crippen LogP contribution is 2.37. The molecule has 1 saturated heterocycles. The Kier molecular flexibility index (Phi) is 5.32. The normalized spacial score (nSPS) is 20.7. The minimum Gasteiger partial charge on any atom is -0.339 e. The van der Waals surface area contributed by atoms with E-state index in [0.29, 0.717) is 36.2 Å². The lowest BCUT2D eigenvalue weighted by Crippen LogP contribution is -2.42. The first kappa shape index (κ1) is 19.9. The number of rotatable bonds is 4. The zero-order valence-corrected chi connectivity index (χ0v) is 17.0. The number of halogens is 2. The second-order valence-corrected chi connectivity index (χ2v) is 9.26. The van der Waals surface area contributed by atoms with E-state index in [4.69, 9.17) is 11.6 Å². The summed E-state index contributed by atoms with van der Waals surface area (Å²) in [5.41, 5.74) is 1.22. The second kappa shape index (κ2) is 7.77. The molecular weight excluding hydrogens is 419 g/mol. The van der Waals surface area contributed by atoms with Crippen molar-refractivity contribution in [1.82, 2.24) is 29.2 Å². The first-order valence-electron chi connectivity index (χ1n) is 8.98. The van der Waals surface area contributed by atoms with Crippen molar-refractivity contribution in [3.8, 4) is 11.5 Å². The first-order valence-corrected chi connectivity index (χ1v) is 10.8. The lowest BCUT2D eigenvalue weighted by atomic mass is 9.86. The molecule has 152 valence electrons. The second-order valence-electron chi connectivity index (χ2n) is 6.96. The Balaban J connectivity index is 1.54. The van der Waals surface area contributed by atoms with Crippen molar-refractivity contribution in [2.24, 2.45) is 5.92 Å². The Hall–Kier alpha value is -2.43. The van der Waals surface area contributed by atoms with Crippen molar-refractivity contribution in [3.05, 3.63) is 53.7 Å². The summed E-state index contributed by atoms with van der Waals surface area (Å²) in [7, 11) is -3.65. The maximum absolute atomic E-state index is 13.1. The van der Waals surface area contributed by atoms with E-state index in [2.05, 4.69) is 24.9 Å². The third-order valence-electron chi connectivity index (χ3n) is 5.07. The molecule has 1 fully saturated rings. The summed E-state index contributed by atoms with van der Waals surface area (Å²) in [4.78, 5) is 19.2. The number of H-pyrrole nitrogens is 1. The van der Waals surface area contributed by atoms with Crippen molar-refractivity contribution in [1.29, 1.82) is 0 Å². The van der Waals surface area contributed by atoms with E-state index in [-0.39, 0.29) is 16.7 Å². The van der Waals surface area contributed by atoms with Crippen molar-refractivity contribution >= 4 is 21.6 Å². The van der Waals surface area contributed by atoms with Crippen LogP contribution in [-0.2, 0) is 10.0 Å². The summed E-state index contributed by atoms with van der Waals surface area (Å²) in [6.07, 6.45) is 5.58. The van der Waals surface area contributed by atoms with Crippen LogP contribution in [0.5, 0.6) is 0 Å². The average molecular weight is 437 g/mol. The molecule has 3 aromatic rings. The molecule has 0 aliphatic carbocycles. The van der Waals surface area contributed by atoms with Gasteiger partial charge in [0.2, 0.25) is 10.0 Å². The van der Waals surface area contributed by atoms with Crippen LogP contribution in [-0.4, -0.2) is 50.7 Å². The number of pyridine rings is 1. The standard InChI is InChI=1S/C18H18ClFN6O2S/c1-11-9-26(29(27,28)13-7-21-10-22-8-13)5-4-14(11)16-17(19)25-18(24-16)15-3-2-12(20)6-23-15/h2-3,6-8,10-11,14H,4-5,9H2,1H3,(H,24,25)/t11-,14+/m0/s1. The molecule has 0 radical (unpaired) electrons. The quantitative estimate of drug-likeness (QED) is 0.674. The van der Waals surface area contributed by atoms with E-state index in [9.17, 15) is 12.8 Å². The van der Waals surface area contributed by atoms with Crippen LogP contribution >= 0.6 is 11.6 Å². The molecule has 1 N–H and O–H groups in total. The molecule has 0 saturated carbocycles. The third kappa shape index (κ3) is 3.87. The number of piperidine rings is 1. The summed E-state index contributed by atoms with van der Waals surface area (Å²) in [5, 5.41) is 0.316. The minimum atomic E-state index is -3.65. The molecule has 0 aromatic carbocycles. The van der Waals surface area contributed by atoms with Crippen LogP contribution < -0.4 is 0 Å². The summed E-state index contributed by atoms with van der Waals surface area (Å²) in [5.74, 6) is 0.0177. The molecule has 3 aromatic heterocycles. The van der Waals surface area contributed by atoms with Crippen molar-refractivity contribution in [2.75, 3.05) is 13.1 Å². The van der Waals surface area contributed by atoms with Crippen LogP contribution in [0.1, 0.15) is 25.0 Å². The molecule has 0 spiro atoms. The fraction of sp³-hybridized carbons (Fsp3) is 0.333. The number of nitrogens with zero attached hydrogens (tertiary/aromatic N) is 5. The molecule has 8 nitrogen and oxygen atoms in total. The number of imidazole rings is 1. The van der Waals surface area contributed by atoms with Gasteiger partial charge in [0.25, 0.3) is 0 Å². The van der Waals surface area contributed by atoms with Crippen molar-refractivity contribution in [2.45, 2.75) is 24.2 Å². The van der Waals surface area contributed by atoms with Gasteiger partial charge in [0.05, 0.1) is 24.3 Å². The van der Waals surface area contributed by atoms with E-state index in [1.165, 1.54) is 35.2 Å². The summed E-state index contributed by atoms with van der Waals surface area (Å²) < 4.78 is 40.2. The van der Waals surface area contributed by atoms with Gasteiger partial charge >= 0.3 is 0 Å².